The third-order valence-electron chi connectivity index (χ3n) is 2.70. The summed E-state index contributed by atoms with van der Waals surface area (Å²) < 4.78 is 26.0. The van der Waals surface area contributed by atoms with E-state index in [1.165, 1.54) is 0 Å². The Balaban J connectivity index is 2.65. The largest absolute Gasteiger partial charge is 0.393 e. The molecule has 0 fully saturated rings. The van der Waals surface area contributed by atoms with Gasteiger partial charge in [-0.25, -0.2) is 8.78 Å². The first-order chi connectivity index (χ1) is 8.69. The van der Waals surface area contributed by atoms with Gasteiger partial charge in [-0.15, -0.1) is 0 Å². The Kier molecular flexibility index (Phi) is 5.00. The van der Waals surface area contributed by atoms with Gasteiger partial charge in [0.15, 0.2) is 0 Å². The maximum Gasteiger partial charge on any atom is 0.251 e. The van der Waals surface area contributed by atoms with Crippen LogP contribution in [0.1, 0.15) is 37.6 Å². The Morgan fingerprint density at radius 2 is 1.84 bits per heavy atom. The highest BCUT2D eigenvalue weighted by molar-refractivity contribution is 5.94. The summed E-state index contributed by atoms with van der Waals surface area (Å²) in [5, 5.41) is 11.9. The van der Waals surface area contributed by atoms with Gasteiger partial charge >= 0.3 is 0 Å². The average molecular weight is 271 g/mol. The Morgan fingerprint density at radius 1 is 1.32 bits per heavy atom. The number of aliphatic hydroxyl groups excluding tert-OH is 1. The van der Waals surface area contributed by atoms with Gasteiger partial charge in [-0.1, -0.05) is 13.8 Å². The minimum atomic E-state index is -0.784. The van der Waals surface area contributed by atoms with Gasteiger partial charge in [-0.2, -0.15) is 0 Å². The quantitative estimate of drug-likeness (QED) is 0.864. The van der Waals surface area contributed by atoms with Crippen molar-refractivity contribution < 1.29 is 18.7 Å². The van der Waals surface area contributed by atoms with Crippen LogP contribution in [0.4, 0.5) is 8.78 Å². The van der Waals surface area contributed by atoms with Crippen molar-refractivity contribution in [2.45, 2.75) is 33.3 Å². The molecule has 19 heavy (non-hydrogen) atoms. The predicted octanol–water partition coefficient (Wildman–Crippen LogP) is 2.49. The van der Waals surface area contributed by atoms with Crippen LogP contribution >= 0.6 is 0 Å². The summed E-state index contributed by atoms with van der Waals surface area (Å²) in [5.74, 6) is -2.10. The average Bonchev–Trinajstić information content (AvgIpc) is 2.22. The first-order valence-electron chi connectivity index (χ1n) is 6.12. The maximum atomic E-state index is 13.0. The van der Waals surface area contributed by atoms with Crippen molar-refractivity contribution in [2.24, 2.45) is 5.41 Å². The highest BCUT2D eigenvalue weighted by Gasteiger charge is 2.21. The van der Waals surface area contributed by atoms with E-state index in [2.05, 4.69) is 5.32 Å². The molecule has 1 aromatic rings. The zero-order valence-corrected chi connectivity index (χ0v) is 11.3. The van der Waals surface area contributed by atoms with Crippen LogP contribution in [0, 0.1) is 17.0 Å². The molecule has 0 saturated heterocycles. The molecule has 3 nitrogen and oxygen atoms in total. The Morgan fingerprint density at radius 3 is 2.32 bits per heavy atom. The summed E-state index contributed by atoms with van der Waals surface area (Å²) in [5.41, 5.74) is -0.347. The summed E-state index contributed by atoms with van der Waals surface area (Å²) in [6, 6.07) is 2.69. The molecule has 0 spiro atoms. The summed E-state index contributed by atoms with van der Waals surface area (Å²) in [4.78, 5) is 11.8. The lowest BCUT2D eigenvalue weighted by atomic mass is 9.87. The van der Waals surface area contributed by atoms with Crippen molar-refractivity contribution >= 4 is 5.91 Å². The van der Waals surface area contributed by atoms with Crippen molar-refractivity contribution in [1.29, 1.82) is 0 Å². The van der Waals surface area contributed by atoms with E-state index < -0.39 is 23.6 Å². The number of rotatable bonds is 5. The minimum absolute atomic E-state index is 0.0506. The molecule has 1 rings (SSSR count). The number of nitrogens with one attached hydrogen (secondary N) is 1. The number of hydrogen-bond donors (Lipinski definition) is 2. The summed E-state index contributed by atoms with van der Waals surface area (Å²) in [6.07, 6.45) is 0.0450. The number of halogens is 2. The van der Waals surface area contributed by atoms with E-state index in [1.807, 2.05) is 13.8 Å². The maximum absolute atomic E-state index is 13.0. The number of aliphatic hydroxyl groups is 1. The molecule has 0 aliphatic heterocycles. The van der Waals surface area contributed by atoms with Crippen molar-refractivity contribution in [2.75, 3.05) is 6.54 Å². The van der Waals surface area contributed by atoms with Crippen molar-refractivity contribution in [3.05, 3.63) is 35.4 Å². The van der Waals surface area contributed by atoms with E-state index in [4.69, 9.17) is 0 Å². The van der Waals surface area contributed by atoms with Crippen LogP contribution < -0.4 is 5.32 Å². The fourth-order valence-electron chi connectivity index (χ4n) is 1.98. The Labute approximate surface area is 111 Å². The number of benzene rings is 1. The van der Waals surface area contributed by atoms with E-state index >= 15 is 0 Å². The molecule has 0 heterocycles. The van der Waals surface area contributed by atoms with Crippen molar-refractivity contribution in [3.8, 4) is 0 Å². The van der Waals surface area contributed by atoms with Gasteiger partial charge in [0, 0.05) is 18.2 Å². The molecule has 0 aliphatic carbocycles. The standard InChI is InChI=1S/C14H19F2NO2/c1-9(18)7-14(2,3)8-17-13(19)10-4-11(15)6-12(16)5-10/h4-6,9,18H,7-8H2,1-3H3,(H,17,19). The normalized spacial score (nSPS) is 13.2. The van der Waals surface area contributed by atoms with Crippen LogP contribution in [0.3, 0.4) is 0 Å². The Bertz CT molecular complexity index is 439. The minimum Gasteiger partial charge on any atom is -0.393 e. The molecule has 0 aliphatic rings. The van der Waals surface area contributed by atoms with Crippen LogP contribution in [0.5, 0.6) is 0 Å². The first-order valence-corrected chi connectivity index (χ1v) is 6.12. The third-order valence-corrected chi connectivity index (χ3v) is 2.70. The lowest BCUT2D eigenvalue weighted by molar-refractivity contribution is 0.0901. The van der Waals surface area contributed by atoms with Gasteiger partial charge in [0.2, 0.25) is 0 Å². The lowest BCUT2D eigenvalue weighted by Gasteiger charge is -2.26. The number of carbonyl (C=O) groups is 1. The van der Waals surface area contributed by atoms with E-state index in [0.717, 1.165) is 12.1 Å². The van der Waals surface area contributed by atoms with E-state index in [9.17, 15) is 18.7 Å². The second-order valence-corrected chi connectivity index (χ2v) is 5.56. The number of carbonyl (C=O) groups excluding carboxylic acids is 1. The Hall–Kier alpha value is -1.49. The van der Waals surface area contributed by atoms with Crippen LogP contribution in [0.25, 0.3) is 0 Å². The summed E-state index contributed by atoms with van der Waals surface area (Å²) in [7, 11) is 0. The molecule has 106 valence electrons. The summed E-state index contributed by atoms with van der Waals surface area (Å²) >= 11 is 0. The molecule has 1 unspecified atom stereocenters. The van der Waals surface area contributed by atoms with E-state index in [0.29, 0.717) is 19.0 Å². The molecule has 1 atom stereocenters. The van der Waals surface area contributed by atoms with Gasteiger partial charge in [0.05, 0.1) is 6.10 Å². The molecule has 1 amide bonds. The SMILES string of the molecule is CC(O)CC(C)(C)CNC(=O)c1cc(F)cc(F)c1. The second-order valence-electron chi connectivity index (χ2n) is 5.56. The first kappa shape index (κ1) is 15.6. The van der Waals surface area contributed by atoms with E-state index in [-0.39, 0.29) is 11.0 Å². The monoisotopic (exact) mass is 271 g/mol. The van der Waals surface area contributed by atoms with E-state index in [1.54, 1.807) is 6.92 Å². The predicted molar refractivity (Wildman–Crippen MR) is 68.8 cm³/mol. The molecule has 1 aromatic carbocycles. The van der Waals surface area contributed by atoms with Gasteiger partial charge in [-0.3, -0.25) is 4.79 Å². The highest BCUT2D eigenvalue weighted by atomic mass is 19.1. The molecule has 0 saturated carbocycles. The smallest absolute Gasteiger partial charge is 0.251 e. The van der Waals surface area contributed by atoms with Crippen molar-refractivity contribution in [3.63, 3.8) is 0 Å². The third kappa shape index (κ3) is 5.34. The summed E-state index contributed by atoms with van der Waals surface area (Å²) in [6.45, 7) is 5.78. The molecule has 5 heteroatoms. The lowest BCUT2D eigenvalue weighted by Crippen LogP contribution is -2.35. The van der Waals surface area contributed by atoms with Crippen LogP contribution in [-0.4, -0.2) is 23.7 Å². The number of amides is 1. The van der Waals surface area contributed by atoms with Crippen LogP contribution in [0.2, 0.25) is 0 Å². The molecule has 2 N–H and O–H groups in total. The van der Waals surface area contributed by atoms with Gasteiger partial charge in [0.1, 0.15) is 11.6 Å². The topological polar surface area (TPSA) is 49.3 Å². The second kappa shape index (κ2) is 6.10. The zero-order chi connectivity index (χ0) is 14.6. The molecule has 0 radical (unpaired) electrons. The van der Waals surface area contributed by atoms with Crippen LogP contribution in [-0.2, 0) is 0 Å². The van der Waals surface area contributed by atoms with Crippen LogP contribution in [0.15, 0.2) is 18.2 Å². The van der Waals surface area contributed by atoms with Gasteiger partial charge < -0.3 is 10.4 Å². The molecular weight excluding hydrogens is 252 g/mol. The van der Waals surface area contributed by atoms with Gasteiger partial charge in [-0.05, 0) is 30.9 Å². The fraction of sp³-hybridized carbons (Fsp3) is 0.500. The number of hydrogen-bond acceptors (Lipinski definition) is 2. The fourth-order valence-corrected chi connectivity index (χ4v) is 1.98. The molecule has 0 bridgehead atoms. The van der Waals surface area contributed by atoms with Gasteiger partial charge in [0.25, 0.3) is 5.91 Å². The van der Waals surface area contributed by atoms with Crippen molar-refractivity contribution in [1.82, 2.24) is 5.32 Å². The molecule has 0 aromatic heterocycles. The molecular formula is C14H19F2NO2. The zero-order valence-electron chi connectivity index (χ0n) is 11.3. The highest BCUT2D eigenvalue weighted by Crippen LogP contribution is 2.21.